The molecule has 0 atom stereocenters. The molecule has 2 rings (SSSR count). The van der Waals surface area contributed by atoms with E-state index >= 15 is 0 Å². The van der Waals surface area contributed by atoms with E-state index in [0.717, 1.165) is 5.56 Å². The molecule has 2 N–H and O–H groups in total. The smallest absolute Gasteiger partial charge is 0.239 e. The van der Waals surface area contributed by atoms with E-state index in [1.165, 1.54) is 0 Å². The summed E-state index contributed by atoms with van der Waals surface area (Å²) in [6, 6.07) is 6.96. The molecule has 0 saturated heterocycles. The third-order valence-corrected chi connectivity index (χ3v) is 2.17. The normalized spacial score (nSPS) is 10.0. The Labute approximate surface area is 99.2 Å². The average Bonchev–Trinajstić information content (AvgIpc) is 2.31. The number of benzene rings is 1. The highest BCUT2D eigenvalue weighted by Gasteiger charge is 2.07. The number of aromatic nitrogens is 2. The largest absolute Gasteiger partial charge is 0.493 e. The van der Waals surface area contributed by atoms with Crippen molar-refractivity contribution in [2.24, 2.45) is 0 Å². The van der Waals surface area contributed by atoms with Crippen LogP contribution in [0.5, 0.6) is 17.4 Å². The molecule has 0 unspecified atom stereocenters. The average molecular weight is 231 g/mol. The van der Waals surface area contributed by atoms with Crippen LogP contribution in [-0.4, -0.2) is 17.3 Å². The standard InChI is InChI=1S/C12H13N3O2/c1-8-5-12(15-14-7-8)17-10-4-3-9(13)6-11(10)16-2/h3-7H,13H2,1-2H3. The van der Waals surface area contributed by atoms with Crippen molar-refractivity contribution < 1.29 is 9.47 Å². The van der Waals surface area contributed by atoms with E-state index in [-0.39, 0.29) is 0 Å². The highest BCUT2D eigenvalue weighted by Crippen LogP contribution is 2.32. The van der Waals surface area contributed by atoms with Crippen molar-refractivity contribution in [2.75, 3.05) is 12.8 Å². The van der Waals surface area contributed by atoms with Crippen molar-refractivity contribution in [2.45, 2.75) is 6.92 Å². The topological polar surface area (TPSA) is 70.3 Å². The molecule has 0 fully saturated rings. The van der Waals surface area contributed by atoms with Crippen LogP contribution >= 0.6 is 0 Å². The maximum atomic E-state index is 5.66. The lowest BCUT2D eigenvalue weighted by molar-refractivity contribution is 0.372. The van der Waals surface area contributed by atoms with Gasteiger partial charge in [0.15, 0.2) is 11.5 Å². The lowest BCUT2D eigenvalue weighted by Gasteiger charge is -2.09. The summed E-state index contributed by atoms with van der Waals surface area (Å²) in [6.07, 6.45) is 1.66. The van der Waals surface area contributed by atoms with E-state index < -0.39 is 0 Å². The fourth-order valence-electron chi connectivity index (χ4n) is 1.37. The molecule has 0 aliphatic rings. The van der Waals surface area contributed by atoms with Crippen LogP contribution in [-0.2, 0) is 0 Å². The predicted molar refractivity (Wildman–Crippen MR) is 64.2 cm³/mol. The van der Waals surface area contributed by atoms with E-state index in [2.05, 4.69) is 10.2 Å². The minimum atomic E-state index is 0.424. The van der Waals surface area contributed by atoms with Gasteiger partial charge in [-0.05, 0) is 24.6 Å². The van der Waals surface area contributed by atoms with Crippen LogP contribution in [0.25, 0.3) is 0 Å². The Morgan fingerprint density at radius 2 is 2.00 bits per heavy atom. The van der Waals surface area contributed by atoms with Gasteiger partial charge in [-0.2, -0.15) is 5.10 Å². The molecule has 2 aromatic rings. The summed E-state index contributed by atoms with van der Waals surface area (Å²) in [5, 5.41) is 7.69. The molecular formula is C12H13N3O2. The molecule has 1 aromatic carbocycles. The van der Waals surface area contributed by atoms with Crippen molar-refractivity contribution in [3.63, 3.8) is 0 Å². The molecule has 0 amide bonds. The van der Waals surface area contributed by atoms with E-state index in [1.54, 1.807) is 37.6 Å². The Balaban J connectivity index is 2.29. The maximum absolute atomic E-state index is 5.66. The van der Waals surface area contributed by atoms with Gasteiger partial charge < -0.3 is 15.2 Å². The minimum absolute atomic E-state index is 0.424. The summed E-state index contributed by atoms with van der Waals surface area (Å²) < 4.78 is 10.8. The monoisotopic (exact) mass is 231 g/mol. The second kappa shape index (κ2) is 4.69. The zero-order valence-electron chi connectivity index (χ0n) is 9.68. The third-order valence-electron chi connectivity index (χ3n) is 2.17. The second-order valence-corrected chi connectivity index (χ2v) is 3.58. The van der Waals surface area contributed by atoms with Crippen LogP contribution in [0.1, 0.15) is 5.56 Å². The Kier molecular flexibility index (Phi) is 3.09. The lowest BCUT2D eigenvalue weighted by atomic mass is 10.3. The first-order valence-electron chi connectivity index (χ1n) is 5.10. The highest BCUT2D eigenvalue weighted by atomic mass is 16.5. The molecule has 0 bridgehead atoms. The number of anilines is 1. The van der Waals surface area contributed by atoms with E-state index in [4.69, 9.17) is 15.2 Å². The van der Waals surface area contributed by atoms with Crippen molar-refractivity contribution in [1.82, 2.24) is 10.2 Å². The van der Waals surface area contributed by atoms with E-state index in [0.29, 0.717) is 23.1 Å². The Morgan fingerprint density at radius 1 is 1.18 bits per heavy atom. The van der Waals surface area contributed by atoms with Crippen LogP contribution in [0.4, 0.5) is 5.69 Å². The SMILES string of the molecule is COc1cc(N)ccc1Oc1cc(C)cnn1. The molecule has 0 radical (unpaired) electrons. The van der Waals surface area contributed by atoms with Gasteiger partial charge in [0.2, 0.25) is 5.88 Å². The molecule has 5 nitrogen and oxygen atoms in total. The molecule has 0 saturated carbocycles. The van der Waals surface area contributed by atoms with Crippen molar-refractivity contribution >= 4 is 5.69 Å². The van der Waals surface area contributed by atoms with Gasteiger partial charge in [-0.3, -0.25) is 0 Å². The summed E-state index contributed by atoms with van der Waals surface area (Å²) >= 11 is 0. The predicted octanol–water partition coefficient (Wildman–Crippen LogP) is 2.17. The Bertz CT molecular complexity index is 529. The van der Waals surface area contributed by atoms with Crippen LogP contribution < -0.4 is 15.2 Å². The number of nitrogen functional groups attached to an aromatic ring is 1. The Hall–Kier alpha value is -2.30. The van der Waals surface area contributed by atoms with Crippen LogP contribution in [0.2, 0.25) is 0 Å². The number of ether oxygens (including phenoxy) is 2. The van der Waals surface area contributed by atoms with Crippen LogP contribution in [0.15, 0.2) is 30.5 Å². The van der Waals surface area contributed by atoms with Gasteiger partial charge in [0.05, 0.1) is 13.3 Å². The quantitative estimate of drug-likeness (QED) is 0.820. The molecule has 0 aliphatic carbocycles. The third kappa shape index (κ3) is 2.63. The fraction of sp³-hybridized carbons (Fsp3) is 0.167. The summed E-state index contributed by atoms with van der Waals surface area (Å²) in [5.41, 5.74) is 7.25. The number of rotatable bonds is 3. The van der Waals surface area contributed by atoms with Gasteiger partial charge in [0, 0.05) is 17.8 Å². The Morgan fingerprint density at radius 3 is 2.71 bits per heavy atom. The minimum Gasteiger partial charge on any atom is -0.493 e. The molecular weight excluding hydrogens is 218 g/mol. The second-order valence-electron chi connectivity index (χ2n) is 3.58. The van der Waals surface area contributed by atoms with Gasteiger partial charge in [0.25, 0.3) is 0 Å². The first-order valence-corrected chi connectivity index (χ1v) is 5.10. The number of hydrogen-bond acceptors (Lipinski definition) is 5. The van der Waals surface area contributed by atoms with Crippen molar-refractivity contribution in [1.29, 1.82) is 0 Å². The number of methoxy groups -OCH3 is 1. The lowest BCUT2D eigenvalue weighted by Crippen LogP contribution is -1.95. The van der Waals surface area contributed by atoms with E-state index in [1.807, 2.05) is 6.92 Å². The zero-order valence-corrected chi connectivity index (χ0v) is 9.68. The molecule has 1 heterocycles. The molecule has 1 aromatic heterocycles. The van der Waals surface area contributed by atoms with Gasteiger partial charge in [0.1, 0.15) is 0 Å². The highest BCUT2D eigenvalue weighted by molar-refractivity contribution is 5.52. The summed E-state index contributed by atoms with van der Waals surface area (Å²) in [4.78, 5) is 0. The van der Waals surface area contributed by atoms with Crippen LogP contribution in [0.3, 0.4) is 0 Å². The van der Waals surface area contributed by atoms with Crippen molar-refractivity contribution in [3.05, 3.63) is 36.0 Å². The molecule has 88 valence electrons. The van der Waals surface area contributed by atoms with Crippen LogP contribution in [0, 0.1) is 6.92 Å². The van der Waals surface area contributed by atoms with E-state index in [9.17, 15) is 0 Å². The molecule has 5 heteroatoms. The molecule has 17 heavy (non-hydrogen) atoms. The first kappa shape index (κ1) is 11.2. The number of nitrogens with zero attached hydrogens (tertiary/aromatic N) is 2. The molecule has 0 aliphatic heterocycles. The van der Waals surface area contributed by atoms with Crippen molar-refractivity contribution in [3.8, 4) is 17.4 Å². The summed E-state index contributed by atoms with van der Waals surface area (Å²) in [6.45, 7) is 1.92. The van der Waals surface area contributed by atoms with Gasteiger partial charge in [-0.1, -0.05) is 0 Å². The number of hydrogen-bond donors (Lipinski definition) is 1. The van der Waals surface area contributed by atoms with Gasteiger partial charge >= 0.3 is 0 Å². The summed E-state index contributed by atoms with van der Waals surface area (Å²) in [5.74, 6) is 1.54. The fourth-order valence-corrected chi connectivity index (χ4v) is 1.37. The van der Waals surface area contributed by atoms with Gasteiger partial charge in [-0.25, -0.2) is 0 Å². The number of nitrogens with two attached hydrogens (primary N) is 1. The molecule has 0 spiro atoms. The zero-order chi connectivity index (χ0) is 12.3. The maximum Gasteiger partial charge on any atom is 0.239 e. The summed E-state index contributed by atoms with van der Waals surface area (Å²) in [7, 11) is 1.56. The number of aryl methyl sites for hydroxylation is 1. The first-order chi connectivity index (χ1) is 8.19. The van der Waals surface area contributed by atoms with Gasteiger partial charge in [-0.15, -0.1) is 5.10 Å².